The number of nitriles is 1. The van der Waals surface area contributed by atoms with E-state index in [0.717, 1.165) is 5.56 Å². The zero-order valence-electron chi connectivity index (χ0n) is 10.9. The third kappa shape index (κ3) is 4.15. The molecule has 1 rings (SSSR count). The van der Waals surface area contributed by atoms with Gasteiger partial charge < -0.3 is 9.64 Å². The van der Waals surface area contributed by atoms with Gasteiger partial charge in [-0.25, -0.2) is 4.98 Å². The van der Waals surface area contributed by atoms with E-state index >= 15 is 0 Å². The smallest absolute Gasteiger partial charge is 0.309 e. The van der Waals surface area contributed by atoms with Crippen molar-refractivity contribution < 1.29 is 9.53 Å². The monoisotopic (exact) mass is 247 g/mol. The van der Waals surface area contributed by atoms with Gasteiger partial charge in [0.2, 0.25) is 0 Å². The Kier molecular flexibility index (Phi) is 5.28. The fourth-order valence-corrected chi connectivity index (χ4v) is 1.75. The molecule has 0 amide bonds. The zero-order chi connectivity index (χ0) is 13.5. The molecular weight excluding hydrogens is 230 g/mol. The predicted molar refractivity (Wildman–Crippen MR) is 66.5 cm³/mol. The van der Waals surface area contributed by atoms with E-state index in [9.17, 15) is 4.79 Å². The standard InChI is InChI=1S/C13H17N3O2/c1-10(13(17)18-3)8-16(2)9-11-4-5-15-12(6-11)7-14/h4-6,10H,8-9H2,1-3H3. The molecule has 0 aliphatic heterocycles. The minimum Gasteiger partial charge on any atom is -0.469 e. The van der Waals surface area contributed by atoms with E-state index in [0.29, 0.717) is 18.8 Å². The van der Waals surface area contributed by atoms with Crippen LogP contribution < -0.4 is 0 Å². The molecule has 0 aliphatic rings. The normalized spacial score (nSPS) is 11.9. The van der Waals surface area contributed by atoms with Crippen LogP contribution >= 0.6 is 0 Å². The molecule has 1 aromatic rings. The van der Waals surface area contributed by atoms with Crippen molar-refractivity contribution >= 4 is 5.97 Å². The number of pyridine rings is 1. The molecule has 0 aromatic carbocycles. The molecule has 1 heterocycles. The van der Waals surface area contributed by atoms with Gasteiger partial charge in [0.05, 0.1) is 13.0 Å². The first-order valence-corrected chi connectivity index (χ1v) is 5.68. The Bertz CT molecular complexity index is 454. The van der Waals surface area contributed by atoms with Crippen LogP contribution in [0.3, 0.4) is 0 Å². The van der Waals surface area contributed by atoms with E-state index in [1.807, 2.05) is 31.0 Å². The van der Waals surface area contributed by atoms with Crippen molar-refractivity contribution in [3.63, 3.8) is 0 Å². The maximum atomic E-state index is 11.3. The summed E-state index contributed by atoms with van der Waals surface area (Å²) < 4.78 is 4.68. The van der Waals surface area contributed by atoms with Gasteiger partial charge in [-0.15, -0.1) is 0 Å². The Morgan fingerprint density at radius 3 is 3.00 bits per heavy atom. The molecule has 0 N–H and O–H groups in total. The Balaban J connectivity index is 2.56. The number of esters is 1. The van der Waals surface area contributed by atoms with Crippen LogP contribution in [-0.2, 0) is 16.1 Å². The summed E-state index contributed by atoms with van der Waals surface area (Å²) in [6, 6.07) is 5.62. The third-order valence-corrected chi connectivity index (χ3v) is 2.58. The van der Waals surface area contributed by atoms with Crippen molar-refractivity contribution in [2.45, 2.75) is 13.5 Å². The predicted octanol–water partition coefficient (Wildman–Crippen LogP) is 1.19. The molecule has 5 nitrogen and oxygen atoms in total. The zero-order valence-corrected chi connectivity index (χ0v) is 10.9. The van der Waals surface area contributed by atoms with Gasteiger partial charge in [-0.2, -0.15) is 5.26 Å². The number of aromatic nitrogens is 1. The van der Waals surface area contributed by atoms with Crippen molar-refractivity contribution in [2.75, 3.05) is 20.7 Å². The molecule has 5 heteroatoms. The molecule has 0 bridgehead atoms. The van der Waals surface area contributed by atoms with Crippen LogP contribution in [0.25, 0.3) is 0 Å². The largest absolute Gasteiger partial charge is 0.469 e. The lowest BCUT2D eigenvalue weighted by atomic mass is 10.1. The van der Waals surface area contributed by atoms with E-state index in [2.05, 4.69) is 9.72 Å². The van der Waals surface area contributed by atoms with Crippen LogP contribution in [0, 0.1) is 17.2 Å². The molecule has 1 atom stereocenters. The second kappa shape index (κ2) is 6.72. The van der Waals surface area contributed by atoms with Crippen molar-refractivity contribution in [3.8, 4) is 6.07 Å². The molecular formula is C13H17N3O2. The molecule has 0 aliphatic carbocycles. The van der Waals surface area contributed by atoms with Gasteiger partial charge in [0.15, 0.2) is 0 Å². The van der Waals surface area contributed by atoms with Crippen LogP contribution in [0.4, 0.5) is 0 Å². The van der Waals surface area contributed by atoms with Gasteiger partial charge in [-0.1, -0.05) is 6.92 Å². The molecule has 0 spiro atoms. The number of nitrogens with zero attached hydrogens (tertiary/aromatic N) is 3. The second-order valence-corrected chi connectivity index (χ2v) is 4.28. The van der Waals surface area contributed by atoms with Crippen LogP contribution in [0.15, 0.2) is 18.3 Å². The minimum absolute atomic E-state index is 0.169. The lowest BCUT2D eigenvalue weighted by Gasteiger charge is -2.19. The van der Waals surface area contributed by atoms with Crippen LogP contribution in [0.5, 0.6) is 0 Å². The average molecular weight is 247 g/mol. The second-order valence-electron chi connectivity index (χ2n) is 4.28. The van der Waals surface area contributed by atoms with E-state index in [1.165, 1.54) is 7.11 Å². The van der Waals surface area contributed by atoms with Crippen molar-refractivity contribution in [1.82, 2.24) is 9.88 Å². The molecule has 0 saturated carbocycles. The first kappa shape index (κ1) is 14.1. The number of methoxy groups -OCH3 is 1. The van der Waals surface area contributed by atoms with Gasteiger partial charge >= 0.3 is 5.97 Å². The molecule has 0 fully saturated rings. The van der Waals surface area contributed by atoms with Gasteiger partial charge in [-0.05, 0) is 24.7 Å². The minimum atomic E-state index is -0.214. The fourth-order valence-electron chi connectivity index (χ4n) is 1.75. The van der Waals surface area contributed by atoms with Gasteiger partial charge in [0.25, 0.3) is 0 Å². The quantitative estimate of drug-likeness (QED) is 0.731. The summed E-state index contributed by atoms with van der Waals surface area (Å²) in [5.74, 6) is -0.383. The Morgan fingerprint density at radius 2 is 2.39 bits per heavy atom. The van der Waals surface area contributed by atoms with Gasteiger partial charge in [-0.3, -0.25) is 4.79 Å². The topological polar surface area (TPSA) is 66.2 Å². The number of ether oxygens (including phenoxy) is 1. The highest BCUT2D eigenvalue weighted by atomic mass is 16.5. The number of carbonyl (C=O) groups excluding carboxylic acids is 1. The summed E-state index contributed by atoms with van der Waals surface area (Å²) in [7, 11) is 3.31. The molecule has 0 saturated heterocycles. The van der Waals surface area contributed by atoms with E-state index < -0.39 is 0 Å². The average Bonchev–Trinajstić information content (AvgIpc) is 2.37. The molecule has 0 radical (unpaired) electrons. The lowest BCUT2D eigenvalue weighted by Crippen LogP contribution is -2.29. The summed E-state index contributed by atoms with van der Waals surface area (Å²) in [6.45, 7) is 3.10. The van der Waals surface area contributed by atoms with Crippen molar-refractivity contribution in [1.29, 1.82) is 5.26 Å². The highest BCUT2D eigenvalue weighted by molar-refractivity contribution is 5.72. The summed E-state index contributed by atoms with van der Waals surface area (Å²) in [5.41, 5.74) is 1.41. The van der Waals surface area contributed by atoms with E-state index in [1.54, 1.807) is 12.3 Å². The van der Waals surface area contributed by atoms with Crippen LogP contribution in [-0.4, -0.2) is 36.6 Å². The number of hydrogen-bond donors (Lipinski definition) is 0. The first-order valence-electron chi connectivity index (χ1n) is 5.68. The molecule has 18 heavy (non-hydrogen) atoms. The summed E-state index contributed by atoms with van der Waals surface area (Å²) in [5, 5.41) is 8.76. The molecule has 1 unspecified atom stereocenters. The SMILES string of the molecule is COC(=O)C(C)CN(C)Cc1ccnc(C#N)c1. The van der Waals surface area contributed by atoms with Crippen molar-refractivity contribution in [3.05, 3.63) is 29.6 Å². The maximum Gasteiger partial charge on any atom is 0.309 e. The summed E-state index contributed by atoms with van der Waals surface area (Å²) >= 11 is 0. The highest BCUT2D eigenvalue weighted by Crippen LogP contribution is 2.07. The van der Waals surface area contributed by atoms with Gasteiger partial charge in [0.1, 0.15) is 11.8 Å². The summed E-state index contributed by atoms with van der Waals surface area (Å²) in [6.07, 6.45) is 1.62. The Hall–Kier alpha value is -1.93. The Morgan fingerprint density at radius 1 is 1.67 bits per heavy atom. The van der Waals surface area contributed by atoms with Gasteiger partial charge in [0, 0.05) is 19.3 Å². The van der Waals surface area contributed by atoms with Crippen LogP contribution in [0.1, 0.15) is 18.2 Å². The molecule has 96 valence electrons. The summed E-state index contributed by atoms with van der Waals surface area (Å²) in [4.78, 5) is 17.2. The number of hydrogen-bond acceptors (Lipinski definition) is 5. The highest BCUT2D eigenvalue weighted by Gasteiger charge is 2.15. The van der Waals surface area contributed by atoms with Crippen LogP contribution in [0.2, 0.25) is 0 Å². The first-order chi connectivity index (χ1) is 8.56. The van der Waals surface area contributed by atoms with Crippen molar-refractivity contribution in [2.24, 2.45) is 5.92 Å². The maximum absolute atomic E-state index is 11.3. The molecule has 1 aromatic heterocycles. The third-order valence-electron chi connectivity index (χ3n) is 2.58. The lowest BCUT2D eigenvalue weighted by molar-refractivity contribution is -0.145. The number of carbonyl (C=O) groups is 1. The Labute approximate surface area is 107 Å². The fraction of sp³-hybridized carbons (Fsp3) is 0.462. The van der Waals surface area contributed by atoms with E-state index in [4.69, 9.17) is 5.26 Å². The number of rotatable bonds is 5. The van der Waals surface area contributed by atoms with E-state index in [-0.39, 0.29) is 11.9 Å².